The van der Waals surface area contributed by atoms with Gasteiger partial charge in [-0.05, 0) is 44.2 Å². The monoisotopic (exact) mass is 306 g/mol. The number of nitrogens with zero attached hydrogens (tertiary/aromatic N) is 1. The smallest absolute Gasteiger partial charge is 0.137 e. The molecular formula is C17H23FN2S. The SMILES string of the molecule is NC(=S)c1cccc(CN2CCC[C@H]3CCCC[C@H]32)c1F. The fourth-order valence-electron chi connectivity index (χ4n) is 4.04. The van der Waals surface area contributed by atoms with Crippen molar-refractivity contribution < 1.29 is 4.39 Å². The molecule has 1 aliphatic carbocycles. The van der Waals surface area contributed by atoms with Crippen LogP contribution in [0.4, 0.5) is 4.39 Å². The van der Waals surface area contributed by atoms with Crippen LogP contribution >= 0.6 is 12.2 Å². The Balaban J connectivity index is 1.79. The first-order chi connectivity index (χ1) is 10.2. The van der Waals surface area contributed by atoms with Crippen LogP contribution in [0, 0.1) is 11.7 Å². The molecule has 2 fully saturated rings. The minimum absolute atomic E-state index is 0.142. The summed E-state index contributed by atoms with van der Waals surface area (Å²) in [5, 5.41) is 0. The average molecular weight is 306 g/mol. The van der Waals surface area contributed by atoms with Crippen LogP contribution in [-0.4, -0.2) is 22.5 Å². The quantitative estimate of drug-likeness (QED) is 0.865. The molecule has 0 spiro atoms. The summed E-state index contributed by atoms with van der Waals surface area (Å²) in [6.45, 7) is 1.77. The van der Waals surface area contributed by atoms with E-state index in [0.29, 0.717) is 18.2 Å². The van der Waals surface area contributed by atoms with Gasteiger partial charge < -0.3 is 5.73 Å². The third kappa shape index (κ3) is 3.11. The maximum atomic E-state index is 14.5. The molecule has 1 saturated heterocycles. The summed E-state index contributed by atoms with van der Waals surface area (Å²) in [7, 11) is 0. The predicted octanol–water partition coefficient (Wildman–Crippen LogP) is 3.61. The molecule has 1 heterocycles. The summed E-state index contributed by atoms with van der Waals surface area (Å²) >= 11 is 4.93. The predicted molar refractivity (Wildman–Crippen MR) is 87.7 cm³/mol. The van der Waals surface area contributed by atoms with Crippen molar-refractivity contribution in [2.24, 2.45) is 11.7 Å². The van der Waals surface area contributed by atoms with Gasteiger partial charge in [-0.25, -0.2) is 4.39 Å². The number of likely N-dealkylation sites (tertiary alicyclic amines) is 1. The topological polar surface area (TPSA) is 29.3 Å². The number of nitrogens with two attached hydrogens (primary N) is 1. The molecule has 1 saturated carbocycles. The summed E-state index contributed by atoms with van der Waals surface area (Å²) in [4.78, 5) is 2.62. The van der Waals surface area contributed by atoms with Crippen molar-refractivity contribution in [2.45, 2.75) is 51.1 Å². The lowest BCUT2D eigenvalue weighted by atomic mass is 9.78. The Morgan fingerprint density at radius 2 is 2.00 bits per heavy atom. The van der Waals surface area contributed by atoms with E-state index in [2.05, 4.69) is 4.90 Å². The molecular weight excluding hydrogens is 283 g/mol. The van der Waals surface area contributed by atoms with Gasteiger partial charge in [-0.15, -0.1) is 0 Å². The zero-order valence-electron chi connectivity index (χ0n) is 12.4. The summed E-state index contributed by atoms with van der Waals surface area (Å²) in [5.74, 6) is 0.581. The Labute approximate surface area is 131 Å². The Hall–Kier alpha value is -1.00. The molecule has 0 radical (unpaired) electrons. The first-order valence-corrected chi connectivity index (χ1v) is 8.39. The highest BCUT2D eigenvalue weighted by molar-refractivity contribution is 7.80. The largest absolute Gasteiger partial charge is 0.389 e. The molecule has 1 aliphatic heterocycles. The van der Waals surface area contributed by atoms with Crippen molar-refractivity contribution in [2.75, 3.05) is 6.54 Å². The van der Waals surface area contributed by atoms with Crippen molar-refractivity contribution in [3.63, 3.8) is 0 Å². The van der Waals surface area contributed by atoms with Crippen molar-refractivity contribution in [1.29, 1.82) is 0 Å². The molecule has 2 atom stereocenters. The molecule has 114 valence electrons. The van der Waals surface area contributed by atoms with E-state index < -0.39 is 0 Å². The highest BCUT2D eigenvalue weighted by atomic mass is 32.1. The highest BCUT2D eigenvalue weighted by Crippen LogP contribution is 2.36. The van der Waals surface area contributed by atoms with Gasteiger partial charge in [0.05, 0.1) is 0 Å². The molecule has 0 unspecified atom stereocenters. The molecule has 1 aromatic carbocycles. The third-order valence-electron chi connectivity index (χ3n) is 5.08. The standard InChI is InChI=1S/C17H23FN2S/c18-16-13(6-3-8-14(16)17(19)21)11-20-10-4-7-12-5-1-2-9-15(12)20/h3,6,8,12,15H,1-2,4-5,7,9-11H2,(H2,19,21)/t12-,15-/m1/s1. The second-order valence-corrected chi connectivity index (χ2v) is 6.81. The number of rotatable bonds is 3. The zero-order valence-corrected chi connectivity index (χ0v) is 13.2. The molecule has 1 aromatic rings. The first-order valence-electron chi connectivity index (χ1n) is 7.98. The lowest BCUT2D eigenvalue weighted by Gasteiger charge is -2.44. The van der Waals surface area contributed by atoms with Crippen LogP contribution in [0.2, 0.25) is 0 Å². The van der Waals surface area contributed by atoms with Gasteiger partial charge in [-0.1, -0.05) is 37.2 Å². The van der Waals surface area contributed by atoms with Crippen LogP contribution in [0.3, 0.4) is 0 Å². The lowest BCUT2D eigenvalue weighted by molar-refractivity contribution is 0.0539. The van der Waals surface area contributed by atoms with Gasteiger partial charge in [0.25, 0.3) is 0 Å². The summed E-state index contributed by atoms with van der Waals surface area (Å²) in [5.41, 5.74) is 6.70. The summed E-state index contributed by atoms with van der Waals surface area (Å²) in [6.07, 6.45) is 7.86. The molecule has 0 bridgehead atoms. The van der Waals surface area contributed by atoms with Crippen LogP contribution in [0.15, 0.2) is 18.2 Å². The fourth-order valence-corrected chi connectivity index (χ4v) is 4.19. The van der Waals surface area contributed by atoms with Crippen molar-refractivity contribution >= 4 is 17.2 Å². The van der Waals surface area contributed by atoms with Crippen molar-refractivity contribution in [1.82, 2.24) is 4.90 Å². The van der Waals surface area contributed by atoms with Gasteiger partial charge in [-0.2, -0.15) is 0 Å². The molecule has 3 rings (SSSR count). The third-order valence-corrected chi connectivity index (χ3v) is 5.30. The van der Waals surface area contributed by atoms with Gasteiger partial charge in [0.1, 0.15) is 10.8 Å². The van der Waals surface area contributed by atoms with E-state index in [1.807, 2.05) is 12.1 Å². The van der Waals surface area contributed by atoms with E-state index in [1.165, 1.54) is 38.5 Å². The summed E-state index contributed by atoms with van der Waals surface area (Å²) in [6, 6.07) is 6.03. The van der Waals surface area contributed by atoms with Crippen LogP contribution in [0.1, 0.15) is 49.7 Å². The number of piperidine rings is 1. The molecule has 4 heteroatoms. The number of thiocarbonyl (C=S) groups is 1. The fraction of sp³-hybridized carbons (Fsp3) is 0.588. The lowest BCUT2D eigenvalue weighted by Crippen LogP contribution is -2.46. The number of benzene rings is 1. The van der Waals surface area contributed by atoms with Crippen molar-refractivity contribution in [3.8, 4) is 0 Å². The minimum Gasteiger partial charge on any atom is -0.389 e. The maximum absolute atomic E-state index is 14.5. The molecule has 0 aromatic heterocycles. The maximum Gasteiger partial charge on any atom is 0.137 e. The highest BCUT2D eigenvalue weighted by Gasteiger charge is 2.33. The number of fused-ring (bicyclic) bond motifs is 1. The minimum atomic E-state index is -0.233. The van der Waals surface area contributed by atoms with E-state index >= 15 is 0 Å². The second kappa shape index (κ2) is 6.41. The molecule has 2 aliphatic rings. The Morgan fingerprint density at radius 3 is 2.81 bits per heavy atom. The average Bonchev–Trinajstić information content (AvgIpc) is 2.49. The molecule has 2 nitrogen and oxygen atoms in total. The number of hydrogen-bond acceptors (Lipinski definition) is 2. The van der Waals surface area contributed by atoms with E-state index in [0.717, 1.165) is 18.0 Å². The zero-order chi connectivity index (χ0) is 14.8. The van der Waals surface area contributed by atoms with Gasteiger partial charge in [0.15, 0.2) is 0 Å². The Morgan fingerprint density at radius 1 is 1.24 bits per heavy atom. The van der Waals surface area contributed by atoms with Gasteiger partial charge >= 0.3 is 0 Å². The van der Waals surface area contributed by atoms with Gasteiger partial charge in [-0.3, -0.25) is 4.90 Å². The van der Waals surface area contributed by atoms with Crippen molar-refractivity contribution in [3.05, 3.63) is 35.1 Å². The van der Waals surface area contributed by atoms with Gasteiger partial charge in [0.2, 0.25) is 0 Å². The molecule has 2 N–H and O–H groups in total. The van der Waals surface area contributed by atoms with E-state index in [-0.39, 0.29) is 10.8 Å². The second-order valence-electron chi connectivity index (χ2n) is 6.37. The van der Waals surface area contributed by atoms with E-state index in [4.69, 9.17) is 18.0 Å². The Kier molecular flexibility index (Phi) is 4.55. The van der Waals surface area contributed by atoms with Crippen LogP contribution < -0.4 is 5.73 Å². The Bertz CT molecular complexity index is 530. The van der Waals surface area contributed by atoms with Crippen LogP contribution in [0.25, 0.3) is 0 Å². The first kappa shape index (κ1) is 14.9. The number of hydrogen-bond donors (Lipinski definition) is 1. The van der Waals surface area contributed by atoms with Gasteiger partial charge in [0, 0.05) is 23.7 Å². The molecule has 0 amide bonds. The number of halogens is 1. The van der Waals surface area contributed by atoms with Crippen LogP contribution in [-0.2, 0) is 6.54 Å². The van der Waals surface area contributed by atoms with Crippen LogP contribution in [0.5, 0.6) is 0 Å². The summed E-state index contributed by atoms with van der Waals surface area (Å²) < 4.78 is 14.5. The van der Waals surface area contributed by atoms with E-state index in [1.54, 1.807) is 6.07 Å². The molecule has 21 heavy (non-hydrogen) atoms. The normalized spacial score (nSPS) is 26.3. The van der Waals surface area contributed by atoms with E-state index in [9.17, 15) is 4.39 Å².